The first-order valence-corrected chi connectivity index (χ1v) is 12.4. The van der Waals surface area contributed by atoms with E-state index in [0.29, 0.717) is 62.4 Å². The van der Waals surface area contributed by atoms with Gasteiger partial charge in [0.05, 0.1) is 23.7 Å². The number of urea groups is 1. The maximum absolute atomic E-state index is 13.7. The minimum absolute atomic E-state index is 0.182. The van der Waals surface area contributed by atoms with Crippen LogP contribution in [-0.2, 0) is 6.18 Å². The van der Waals surface area contributed by atoms with Crippen molar-refractivity contribution in [2.45, 2.75) is 43.4 Å². The fraction of sp³-hybridized carbons (Fsp3) is 0.407. The number of alkyl halides is 3. The molecule has 0 aliphatic carbocycles. The van der Waals surface area contributed by atoms with Gasteiger partial charge in [-0.25, -0.2) is 14.2 Å². The minimum Gasteiger partial charge on any atom is -0.393 e. The van der Waals surface area contributed by atoms with Gasteiger partial charge in [-0.2, -0.15) is 13.2 Å². The Morgan fingerprint density at radius 2 is 1.70 bits per heavy atom. The van der Waals surface area contributed by atoms with Crippen LogP contribution in [0, 0.1) is 5.82 Å². The zero-order valence-electron chi connectivity index (χ0n) is 20.1. The number of halogens is 4. The van der Waals surface area contributed by atoms with E-state index in [1.807, 2.05) is 0 Å². The summed E-state index contributed by atoms with van der Waals surface area (Å²) in [6.45, 7) is 1.53. The maximum Gasteiger partial charge on any atom is 0.416 e. The van der Waals surface area contributed by atoms with E-state index in [1.54, 1.807) is 45.1 Å². The highest BCUT2D eigenvalue weighted by atomic mass is 19.4. The van der Waals surface area contributed by atoms with Crippen LogP contribution in [0.25, 0.3) is 5.69 Å². The third-order valence-electron chi connectivity index (χ3n) is 7.27. The normalized spacial score (nSPS) is 21.3. The van der Waals surface area contributed by atoms with Crippen molar-refractivity contribution < 1.29 is 27.5 Å². The number of benzene rings is 2. The number of aliphatic hydroxyl groups excluding tert-OH is 1. The van der Waals surface area contributed by atoms with E-state index in [0.717, 1.165) is 12.1 Å². The Bertz CT molecular complexity index is 1250. The molecule has 2 saturated heterocycles. The van der Waals surface area contributed by atoms with Crippen LogP contribution >= 0.6 is 0 Å². The molecule has 6 nitrogen and oxygen atoms in total. The lowest BCUT2D eigenvalue weighted by atomic mass is 9.82. The van der Waals surface area contributed by atoms with Crippen molar-refractivity contribution in [2.75, 3.05) is 26.2 Å². The number of hydrogen-bond acceptors (Lipinski definition) is 3. The third-order valence-corrected chi connectivity index (χ3v) is 7.27. The van der Waals surface area contributed by atoms with Crippen LogP contribution in [-0.4, -0.2) is 62.8 Å². The first-order chi connectivity index (χ1) is 17.7. The molecular formula is C27H28F4N4O2. The third kappa shape index (κ3) is 5.64. The molecule has 37 heavy (non-hydrogen) atoms. The summed E-state index contributed by atoms with van der Waals surface area (Å²) in [7, 11) is 0. The summed E-state index contributed by atoms with van der Waals surface area (Å²) in [5.41, 5.74) is 1.10. The summed E-state index contributed by atoms with van der Waals surface area (Å²) in [5.74, 6) is -0.916. The molecule has 0 saturated carbocycles. The van der Waals surface area contributed by atoms with Crippen molar-refractivity contribution in [3.05, 3.63) is 83.7 Å². The van der Waals surface area contributed by atoms with Gasteiger partial charge in [-0.1, -0.05) is 24.3 Å². The molecule has 2 amide bonds. The Morgan fingerprint density at radius 1 is 0.973 bits per heavy atom. The number of rotatable bonds is 3. The van der Waals surface area contributed by atoms with Gasteiger partial charge in [-0.05, 0) is 49.1 Å². The largest absolute Gasteiger partial charge is 0.416 e. The lowest BCUT2D eigenvalue weighted by Gasteiger charge is -2.41. The first-order valence-electron chi connectivity index (χ1n) is 12.4. The summed E-state index contributed by atoms with van der Waals surface area (Å²) in [5, 5.41) is 9.83. The Balaban J connectivity index is 1.44. The van der Waals surface area contributed by atoms with Gasteiger partial charge in [0.1, 0.15) is 5.82 Å². The van der Waals surface area contributed by atoms with Crippen molar-refractivity contribution >= 4 is 6.03 Å². The highest BCUT2D eigenvalue weighted by molar-refractivity contribution is 5.75. The Hall–Kier alpha value is -3.40. The van der Waals surface area contributed by atoms with Crippen LogP contribution in [0.15, 0.2) is 61.1 Å². The predicted molar refractivity (Wildman–Crippen MR) is 129 cm³/mol. The highest BCUT2D eigenvalue weighted by Gasteiger charge is 2.37. The van der Waals surface area contributed by atoms with Crippen LogP contribution < -0.4 is 0 Å². The number of piperidine rings is 2. The SMILES string of the molecule is O=C(N1CCC(O)CC1)N1CC(c2cccc(C(F)(F)F)c2)CC(c2cn(-c3cccc(F)c3)cn2)C1. The van der Waals surface area contributed by atoms with E-state index in [2.05, 4.69) is 4.98 Å². The van der Waals surface area contributed by atoms with Crippen LogP contribution in [0.4, 0.5) is 22.4 Å². The topological polar surface area (TPSA) is 61.6 Å². The molecule has 2 aliphatic rings. The summed E-state index contributed by atoms with van der Waals surface area (Å²) in [6.07, 6.45) is -0.00914. The molecule has 2 aliphatic heterocycles. The van der Waals surface area contributed by atoms with Crippen LogP contribution in [0.5, 0.6) is 0 Å². The van der Waals surface area contributed by atoms with Crippen molar-refractivity contribution in [1.82, 2.24) is 19.4 Å². The number of nitrogens with zero attached hydrogens (tertiary/aromatic N) is 4. The average Bonchev–Trinajstić information content (AvgIpc) is 3.39. The Kier molecular flexibility index (Phi) is 6.94. The van der Waals surface area contributed by atoms with Crippen LogP contribution in [0.2, 0.25) is 0 Å². The van der Waals surface area contributed by atoms with E-state index in [4.69, 9.17) is 0 Å². The number of likely N-dealkylation sites (tertiary alicyclic amines) is 2. The van der Waals surface area contributed by atoms with Crippen LogP contribution in [0.3, 0.4) is 0 Å². The van der Waals surface area contributed by atoms with Gasteiger partial charge < -0.3 is 19.5 Å². The summed E-state index contributed by atoms with van der Waals surface area (Å²) < 4.78 is 55.7. The molecule has 2 aromatic carbocycles. The van der Waals surface area contributed by atoms with Crippen LogP contribution in [0.1, 0.15) is 47.9 Å². The van der Waals surface area contributed by atoms with Crippen molar-refractivity contribution in [2.24, 2.45) is 0 Å². The second-order valence-electron chi connectivity index (χ2n) is 9.84. The summed E-state index contributed by atoms with van der Waals surface area (Å²) >= 11 is 0. The van der Waals surface area contributed by atoms with E-state index in [1.165, 1.54) is 18.2 Å². The zero-order chi connectivity index (χ0) is 26.2. The molecule has 1 aromatic heterocycles. The van der Waals surface area contributed by atoms with Gasteiger partial charge in [-0.3, -0.25) is 0 Å². The number of hydrogen-bond donors (Lipinski definition) is 1. The number of carbonyl (C=O) groups is 1. The van der Waals surface area contributed by atoms with E-state index < -0.39 is 17.8 Å². The van der Waals surface area contributed by atoms with Gasteiger partial charge >= 0.3 is 12.2 Å². The predicted octanol–water partition coefficient (Wildman–Crippen LogP) is 5.18. The lowest BCUT2D eigenvalue weighted by molar-refractivity contribution is -0.137. The van der Waals surface area contributed by atoms with Gasteiger partial charge in [0, 0.05) is 49.9 Å². The standard InChI is InChI=1S/C27H28F4N4O2/c28-22-5-2-6-23(13-22)35-16-25(32-17-35)20-11-19(18-3-1-4-21(12-18)27(29,30)31)14-34(15-20)26(37)33-9-7-24(36)8-10-33/h1-6,12-13,16-17,19-20,24,36H,7-11,14-15H2. The molecule has 2 atom stereocenters. The smallest absolute Gasteiger partial charge is 0.393 e. The summed E-state index contributed by atoms with van der Waals surface area (Å²) in [4.78, 5) is 21.3. The van der Waals surface area contributed by atoms with Gasteiger partial charge in [0.25, 0.3) is 0 Å². The molecule has 1 N–H and O–H groups in total. The molecule has 3 aromatic rings. The molecule has 3 heterocycles. The Labute approximate surface area is 212 Å². The molecule has 0 bridgehead atoms. The minimum atomic E-state index is -4.46. The van der Waals surface area contributed by atoms with Gasteiger partial charge in [0.2, 0.25) is 0 Å². The molecule has 0 radical (unpaired) electrons. The fourth-order valence-electron chi connectivity index (χ4n) is 5.26. The second kappa shape index (κ2) is 10.2. The highest BCUT2D eigenvalue weighted by Crippen LogP contribution is 2.38. The molecule has 0 spiro atoms. The average molecular weight is 517 g/mol. The molecule has 2 fully saturated rings. The molecular weight excluding hydrogens is 488 g/mol. The second-order valence-corrected chi connectivity index (χ2v) is 9.84. The quantitative estimate of drug-likeness (QED) is 0.488. The van der Waals surface area contributed by atoms with Crippen molar-refractivity contribution in [1.29, 1.82) is 0 Å². The number of carbonyl (C=O) groups excluding carboxylic acids is 1. The molecule has 5 rings (SSSR count). The molecule has 10 heteroatoms. The van der Waals surface area contributed by atoms with Crippen molar-refractivity contribution in [3.63, 3.8) is 0 Å². The fourth-order valence-corrected chi connectivity index (χ4v) is 5.26. The van der Waals surface area contributed by atoms with Gasteiger partial charge in [-0.15, -0.1) is 0 Å². The number of aromatic nitrogens is 2. The van der Waals surface area contributed by atoms with Gasteiger partial charge in [0.15, 0.2) is 0 Å². The number of amides is 2. The number of aliphatic hydroxyl groups is 1. The number of imidazole rings is 1. The van der Waals surface area contributed by atoms with E-state index in [9.17, 15) is 27.5 Å². The molecule has 2 unspecified atom stereocenters. The first kappa shape index (κ1) is 25.3. The van der Waals surface area contributed by atoms with E-state index in [-0.39, 0.29) is 23.7 Å². The summed E-state index contributed by atoms with van der Waals surface area (Å²) in [6, 6.07) is 11.2. The molecule has 196 valence electrons. The Morgan fingerprint density at radius 3 is 2.43 bits per heavy atom. The lowest BCUT2D eigenvalue weighted by Crippen LogP contribution is -2.51. The maximum atomic E-state index is 13.7. The monoisotopic (exact) mass is 516 g/mol. The van der Waals surface area contributed by atoms with Crippen molar-refractivity contribution in [3.8, 4) is 5.69 Å². The zero-order valence-corrected chi connectivity index (χ0v) is 20.1. The van der Waals surface area contributed by atoms with E-state index >= 15 is 0 Å².